The van der Waals surface area contributed by atoms with Gasteiger partial charge in [-0.25, -0.2) is 4.98 Å². The number of nitrogens with zero attached hydrogens (tertiary/aromatic N) is 4. The van der Waals surface area contributed by atoms with Gasteiger partial charge in [0.05, 0.1) is 6.10 Å². The van der Waals surface area contributed by atoms with E-state index in [4.69, 9.17) is 15.0 Å². The Balaban J connectivity index is 1.79. The Morgan fingerprint density at radius 2 is 2.10 bits per heavy atom. The maximum atomic E-state index is 12.3. The van der Waals surface area contributed by atoms with Crippen molar-refractivity contribution in [2.45, 2.75) is 76.3 Å². The smallest absolute Gasteiger partial charge is 0.388 e. The Labute approximate surface area is 168 Å². The van der Waals surface area contributed by atoms with E-state index in [2.05, 4.69) is 9.97 Å². The molecule has 11 nitrogen and oxygen atoms in total. The fourth-order valence-electron chi connectivity index (χ4n) is 3.26. The molecule has 3 heterocycles. The average molecular weight is 429 g/mol. The minimum absolute atomic E-state index is 0.0123. The topological polar surface area (TPSA) is 157 Å². The van der Waals surface area contributed by atoms with Crippen molar-refractivity contribution in [3.05, 3.63) is 12.7 Å². The predicted molar refractivity (Wildman–Crippen MR) is 102 cm³/mol. The molecule has 29 heavy (non-hydrogen) atoms. The summed E-state index contributed by atoms with van der Waals surface area (Å²) < 4.78 is 26.0. The van der Waals surface area contributed by atoms with Crippen LogP contribution in [0, 0.1) is 0 Å². The molecular formula is C17H28N5O6P+2. The van der Waals surface area contributed by atoms with Crippen LogP contribution in [-0.2, 0) is 13.8 Å². The molecule has 0 aliphatic carbocycles. The first-order valence-corrected chi connectivity index (χ1v) is 10.7. The fraction of sp³-hybridized carbons (Fsp3) is 0.706. The summed E-state index contributed by atoms with van der Waals surface area (Å²) in [4.78, 5) is 8.18. The van der Waals surface area contributed by atoms with Gasteiger partial charge in [-0.15, -0.1) is 4.52 Å². The summed E-state index contributed by atoms with van der Waals surface area (Å²) in [5, 5.41) is 30.7. The highest BCUT2D eigenvalue weighted by Crippen LogP contribution is 2.41. The van der Waals surface area contributed by atoms with Crippen LogP contribution >= 0.6 is 8.03 Å². The molecule has 0 bridgehead atoms. The number of aliphatic hydroxyl groups is 2. The second-order valence-corrected chi connectivity index (χ2v) is 9.58. The molecule has 2 aromatic heterocycles. The van der Waals surface area contributed by atoms with E-state index in [0.29, 0.717) is 10.4 Å². The van der Waals surface area contributed by atoms with Crippen LogP contribution in [0.5, 0.6) is 0 Å². The van der Waals surface area contributed by atoms with Crippen molar-refractivity contribution in [2.24, 2.45) is 0 Å². The standard InChI is InChI=1S/C17H27N5O6P/c1-5-9(2)29(26)28-17(3,4)6-10-12(23)13(24)16(27-10)21-7-19-11-14(18)22(25)8-20-15(11)21/h7-10,12-13,16,18,23-25H,5-6H2,1-4H3/q+1/p+1/t9?,10-,12-,13-,16?/m1/s1. The summed E-state index contributed by atoms with van der Waals surface area (Å²) in [5.41, 5.74) is 5.39. The van der Waals surface area contributed by atoms with Crippen molar-refractivity contribution in [1.29, 1.82) is 0 Å². The van der Waals surface area contributed by atoms with Gasteiger partial charge in [0, 0.05) is 6.42 Å². The number of imidazole rings is 1. The normalized spacial score (nSPS) is 26.8. The zero-order valence-electron chi connectivity index (χ0n) is 16.8. The SMILES string of the molecule is CCC(C)[P+](=O)OC(C)(C)C[C@H]1OC(n2cnc3c(N)[n+](O)cnc32)[C@H](O)[C@@H]1O. The van der Waals surface area contributed by atoms with Crippen LogP contribution in [0.2, 0.25) is 0 Å². The molecule has 0 amide bonds. The van der Waals surface area contributed by atoms with E-state index < -0.39 is 38.2 Å². The molecule has 1 saturated heterocycles. The molecule has 6 atom stereocenters. The van der Waals surface area contributed by atoms with Crippen LogP contribution in [-0.4, -0.2) is 59.5 Å². The van der Waals surface area contributed by atoms with Gasteiger partial charge in [0.2, 0.25) is 11.2 Å². The molecule has 1 fully saturated rings. The predicted octanol–water partition coefficient (Wildman–Crippen LogP) is 0.884. The molecule has 3 unspecified atom stereocenters. The quantitative estimate of drug-likeness (QED) is 0.285. The number of hydrogen-bond donors (Lipinski definition) is 4. The zero-order valence-corrected chi connectivity index (χ0v) is 17.7. The Hall–Kier alpha value is -1.91. The lowest BCUT2D eigenvalue weighted by atomic mass is 9.97. The van der Waals surface area contributed by atoms with Crippen molar-refractivity contribution in [2.75, 3.05) is 5.73 Å². The summed E-state index contributed by atoms with van der Waals surface area (Å²) >= 11 is 0. The first-order chi connectivity index (χ1) is 13.6. The summed E-state index contributed by atoms with van der Waals surface area (Å²) in [6, 6.07) is 0. The Morgan fingerprint density at radius 1 is 1.41 bits per heavy atom. The van der Waals surface area contributed by atoms with Gasteiger partial charge in [-0.1, -0.05) is 16.6 Å². The van der Waals surface area contributed by atoms with Gasteiger partial charge in [0.25, 0.3) is 12.1 Å². The molecule has 0 spiro atoms. The Kier molecular flexibility index (Phi) is 6.07. The van der Waals surface area contributed by atoms with Gasteiger partial charge in [-0.3, -0.25) is 4.57 Å². The molecular weight excluding hydrogens is 401 g/mol. The molecule has 160 valence electrons. The molecule has 1 aliphatic rings. The highest BCUT2D eigenvalue weighted by Gasteiger charge is 2.48. The van der Waals surface area contributed by atoms with Crippen molar-refractivity contribution < 1.29 is 34.0 Å². The highest BCUT2D eigenvalue weighted by atomic mass is 31.1. The van der Waals surface area contributed by atoms with Gasteiger partial charge in [-0.05, 0) is 31.8 Å². The second-order valence-electron chi connectivity index (χ2n) is 7.94. The maximum absolute atomic E-state index is 12.3. The van der Waals surface area contributed by atoms with Crippen molar-refractivity contribution in [1.82, 2.24) is 14.5 Å². The lowest BCUT2D eigenvalue weighted by Gasteiger charge is -2.24. The molecule has 5 N–H and O–H groups in total. The molecule has 0 saturated carbocycles. The van der Waals surface area contributed by atoms with Crippen molar-refractivity contribution >= 4 is 25.0 Å². The summed E-state index contributed by atoms with van der Waals surface area (Å²) in [6.45, 7) is 7.34. The first kappa shape index (κ1) is 21.8. The van der Waals surface area contributed by atoms with E-state index in [-0.39, 0.29) is 23.4 Å². The van der Waals surface area contributed by atoms with Crippen molar-refractivity contribution in [3.8, 4) is 0 Å². The number of aliphatic hydroxyl groups excluding tert-OH is 2. The zero-order chi connectivity index (χ0) is 21.5. The van der Waals surface area contributed by atoms with Gasteiger partial charge in [0.15, 0.2) is 11.9 Å². The number of nitrogen functional groups attached to an aromatic ring is 1. The van der Waals surface area contributed by atoms with E-state index in [1.165, 1.54) is 10.9 Å². The fourth-order valence-corrected chi connectivity index (χ4v) is 4.30. The molecule has 0 radical (unpaired) electrons. The highest BCUT2D eigenvalue weighted by molar-refractivity contribution is 7.40. The van der Waals surface area contributed by atoms with E-state index in [1.807, 2.05) is 13.8 Å². The molecule has 12 heteroatoms. The Bertz CT molecular complexity index is 906. The van der Waals surface area contributed by atoms with Crippen LogP contribution < -0.4 is 10.5 Å². The Morgan fingerprint density at radius 3 is 2.76 bits per heavy atom. The lowest BCUT2D eigenvalue weighted by Crippen LogP contribution is -2.37. The number of anilines is 1. The van der Waals surface area contributed by atoms with Crippen LogP contribution in [0.4, 0.5) is 5.82 Å². The first-order valence-electron chi connectivity index (χ1n) is 9.44. The second kappa shape index (κ2) is 8.08. The van der Waals surface area contributed by atoms with Crippen LogP contribution in [0.15, 0.2) is 12.7 Å². The van der Waals surface area contributed by atoms with Gasteiger partial charge in [-0.2, -0.15) is 0 Å². The summed E-state index contributed by atoms with van der Waals surface area (Å²) in [5.74, 6) is -0.0123. The average Bonchev–Trinajstić information content (AvgIpc) is 3.20. The third-order valence-corrected chi connectivity index (χ3v) is 6.90. The molecule has 1 aliphatic heterocycles. The monoisotopic (exact) mass is 429 g/mol. The largest absolute Gasteiger partial charge is 0.511 e. The van der Waals surface area contributed by atoms with E-state index in [9.17, 15) is 20.0 Å². The summed E-state index contributed by atoms with van der Waals surface area (Å²) in [6.07, 6.45) is -0.727. The van der Waals surface area contributed by atoms with Crippen molar-refractivity contribution in [3.63, 3.8) is 0 Å². The number of nitrogens with two attached hydrogens (primary N) is 1. The van der Waals surface area contributed by atoms with E-state index in [1.54, 1.807) is 13.8 Å². The van der Waals surface area contributed by atoms with E-state index in [0.717, 1.165) is 12.7 Å². The number of ether oxygens (including phenoxy) is 1. The van der Waals surface area contributed by atoms with Gasteiger partial charge < -0.3 is 25.9 Å². The van der Waals surface area contributed by atoms with Gasteiger partial charge >= 0.3 is 8.03 Å². The third-order valence-electron chi connectivity index (χ3n) is 5.14. The molecule has 3 rings (SSSR count). The summed E-state index contributed by atoms with van der Waals surface area (Å²) in [7, 11) is -1.87. The number of fused-ring (bicyclic) bond motifs is 1. The molecule has 0 aromatic carbocycles. The van der Waals surface area contributed by atoms with Gasteiger partial charge in [0.1, 0.15) is 24.1 Å². The van der Waals surface area contributed by atoms with Crippen LogP contribution in [0.3, 0.4) is 0 Å². The number of hydrogen-bond acceptors (Lipinski definition) is 9. The van der Waals surface area contributed by atoms with Crippen LogP contribution in [0.1, 0.15) is 46.8 Å². The molecule has 2 aromatic rings. The minimum Gasteiger partial charge on any atom is -0.388 e. The van der Waals surface area contributed by atoms with E-state index >= 15 is 0 Å². The lowest BCUT2D eigenvalue weighted by molar-refractivity contribution is -0.894. The number of rotatable bonds is 7. The maximum Gasteiger partial charge on any atom is 0.511 e. The minimum atomic E-state index is -1.87. The number of aromatic nitrogens is 4. The van der Waals surface area contributed by atoms with Crippen LogP contribution in [0.25, 0.3) is 11.2 Å². The third kappa shape index (κ3) is 4.19.